The third-order valence-electron chi connectivity index (χ3n) is 10.9. The lowest BCUT2D eigenvalue weighted by atomic mass is 9.92. The summed E-state index contributed by atoms with van der Waals surface area (Å²) in [6, 6.07) is 72.3. The largest absolute Gasteiger partial charge is 0.456 e. The third-order valence-corrected chi connectivity index (χ3v) is 10.9. The normalized spacial score (nSPS) is 11.5. The van der Waals surface area contributed by atoms with Gasteiger partial charge in [0.15, 0.2) is 5.58 Å². The Balaban J connectivity index is 0.979. The summed E-state index contributed by atoms with van der Waals surface area (Å²) < 4.78 is 12.7. The molecular weight excluding hydrogens is 697 g/mol. The second-order valence-corrected chi connectivity index (χ2v) is 14.4. The van der Waals surface area contributed by atoms with Crippen LogP contribution < -0.4 is 4.90 Å². The number of nitrogens with zero attached hydrogens (tertiary/aromatic N) is 2. The van der Waals surface area contributed by atoms with Gasteiger partial charge in [0, 0.05) is 39.0 Å². The number of benzene rings is 9. The first-order valence-electron chi connectivity index (χ1n) is 19.2. The first-order chi connectivity index (χ1) is 28.2. The molecule has 0 saturated carbocycles. The summed E-state index contributed by atoms with van der Waals surface area (Å²) in [6.45, 7) is 0. The average Bonchev–Trinajstić information content (AvgIpc) is 3.88. The molecule has 0 fully saturated rings. The van der Waals surface area contributed by atoms with Gasteiger partial charge in [0.1, 0.15) is 16.7 Å². The van der Waals surface area contributed by atoms with Crippen molar-refractivity contribution in [2.75, 3.05) is 4.90 Å². The zero-order valence-corrected chi connectivity index (χ0v) is 30.8. The van der Waals surface area contributed by atoms with Crippen molar-refractivity contribution >= 4 is 60.9 Å². The van der Waals surface area contributed by atoms with Crippen molar-refractivity contribution < 1.29 is 8.83 Å². The van der Waals surface area contributed by atoms with Gasteiger partial charge in [0.25, 0.3) is 0 Å². The Morgan fingerprint density at radius 3 is 1.67 bits per heavy atom. The molecule has 0 amide bonds. The number of hydrogen-bond donors (Lipinski definition) is 0. The van der Waals surface area contributed by atoms with Gasteiger partial charge >= 0.3 is 0 Å². The molecule has 4 heteroatoms. The quantitative estimate of drug-likeness (QED) is 0.164. The summed E-state index contributed by atoms with van der Waals surface area (Å²) in [4.78, 5) is 6.99. The van der Waals surface area contributed by atoms with Crippen molar-refractivity contribution in [2.45, 2.75) is 0 Å². The van der Waals surface area contributed by atoms with E-state index in [1.165, 1.54) is 22.1 Å². The summed E-state index contributed by atoms with van der Waals surface area (Å²) in [5.41, 5.74) is 14.5. The molecule has 0 N–H and O–H groups in total. The number of furan rings is 1. The minimum atomic E-state index is 0.619. The molecule has 0 bridgehead atoms. The minimum Gasteiger partial charge on any atom is -0.456 e. The van der Waals surface area contributed by atoms with Crippen LogP contribution in [-0.4, -0.2) is 4.98 Å². The highest BCUT2D eigenvalue weighted by Crippen LogP contribution is 2.44. The van der Waals surface area contributed by atoms with Crippen LogP contribution in [0.4, 0.5) is 17.1 Å². The highest BCUT2D eigenvalue weighted by molar-refractivity contribution is 6.21. The first-order valence-corrected chi connectivity index (χ1v) is 19.2. The van der Waals surface area contributed by atoms with E-state index >= 15 is 0 Å². The zero-order valence-electron chi connectivity index (χ0n) is 30.8. The predicted molar refractivity (Wildman–Crippen MR) is 235 cm³/mol. The fraction of sp³-hybridized carbons (Fsp3) is 0. The number of hydrogen-bond acceptors (Lipinski definition) is 4. The lowest BCUT2D eigenvalue weighted by Gasteiger charge is -2.26. The van der Waals surface area contributed by atoms with Gasteiger partial charge in [-0.3, -0.25) is 0 Å². The standard InChI is InChI=1S/C53H34N2O2/c1-3-11-35(12-4-1)36-23-28-43(29-24-36)55(42-14-5-2-6-15-42)44-30-25-38(26-31-44)51-45-16-8-7-13-41(45)34-50-52(51)46-32-27-40(33-49(46)56-50)37-19-21-39(22-20-37)53-54-47-17-9-10-18-48(47)57-53/h1-34H. The average molecular weight is 731 g/mol. The molecule has 57 heavy (non-hydrogen) atoms. The Labute approximate surface area is 329 Å². The monoisotopic (exact) mass is 730 g/mol. The Morgan fingerprint density at radius 1 is 0.351 bits per heavy atom. The summed E-state index contributed by atoms with van der Waals surface area (Å²) in [5, 5.41) is 4.54. The van der Waals surface area contributed by atoms with Crippen LogP contribution in [0, 0.1) is 0 Å². The van der Waals surface area contributed by atoms with Gasteiger partial charge in [-0.1, -0.05) is 127 Å². The van der Waals surface area contributed by atoms with Crippen LogP contribution in [0.5, 0.6) is 0 Å². The highest BCUT2D eigenvalue weighted by atomic mass is 16.3. The van der Waals surface area contributed by atoms with Gasteiger partial charge in [-0.2, -0.15) is 0 Å². The van der Waals surface area contributed by atoms with Gasteiger partial charge in [0.05, 0.1) is 0 Å². The molecule has 0 atom stereocenters. The summed E-state index contributed by atoms with van der Waals surface area (Å²) in [6.07, 6.45) is 0. The summed E-state index contributed by atoms with van der Waals surface area (Å²) >= 11 is 0. The molecule has 4 nitrogen and oxygen atoms in total. The molecule has 9 aromatic carbocycles. The fourth-order valence-electron chi connectivity index (χ4n) is 8.12. The lowest BCUT2D eigenvalue weighted by molar-refractivity contribution is 0.620. The van der Waals surface area contributed by atoms with E-state index in [9.17, 15) is 0 Å². The van der Waals surface area contributed by atoms with E-state index < -0.39 is 0 Å². The molecular formula is C53H34N2O2. The zero-order chi connectivity index (χ0) is 37.7. The van der Waals surface area contributed by atoms with E-state index in [-0.39, 0.29) is 0 Å². The van der Waals surface area contributed by atoms with Gasteiger partial charge in [-0.15, -0.1) is 0 Å². The van der Waals surface area contributed by atoms with Gasteiger partial charge in [-0.05, 0) is 117 Å². The number of oxazole rings is 1. The van der Waals surface area contributed by atoms with Crippen molar-refractivity contribution in [2.24, 2.45) is 0 Å². The van der Waals surface area contributed by atoms with Gasteiger partial charge < -0.3 is 13.7 Å². The third kappa shape index (κ3) is 5.83. The van der Waals surface area contributed by atoms with E-state index in [1.807, 2.05) is 24.3 Å². The van der Waals surface area contributed by atoms with E-state index in [2.05, 4.69) is 192 Å². The maximum atomic E-state index is 6.70. The number of fused-ring (bicyclic) bond motifs is 5. The van der Waals surface area contributed by atoms with Crippen molar-refractivity contribution in [3.63, 3.8) is 0 Å². The van der Waals surface area contributed by atoms with E-state index in [1.54, 1.807) is 0 Å². The molecule has 0 aliphatic carbocycles. The van der Waals surface area contributed by atoms with E-state index in [4.69, 9.17) is 8.83 Å². The molecule has 2 aromatic heterocycles. The molecule has 0 unspecified atom stereocenters. The first kappa shape index (κ1) is 32.7. The Kier molecular flexibility index (Phi) is 7.78. The van der Waals surface area contributed by atoms with Crippen molar-refractivity contribution in [3.05, 3.63) is 206 Å². The van der Waals surface area contributed by atoms with Crippen molar-refractivity contribution in [1.82, 2.24) is 4.98 Å². The Bertz CT molecular complexity index is 3170. The van der Waals surface area contributed by atoms with Crippen LogP contribution in [0.3, 0.4) is 0 Å². The number of para-hydroxylation sites is 3. The van der Waals surface area contributed by atoms with Gasteiger partial charge in [0.2, 0.25) is 5.89 Å². The van der Waals surface area contributed by atoms with Crippen molar-refractivity contribution in [3.8, 4) is 44.8 Å². The highest BCUT2D eigenvalue weighted by Gasteiger charge is 2.19. The van der Waals surface area contributed by atoms with Crippen LogP contribution in [0.15, 0.2) is 215 Å². The van der Waals surface area contributed by atoms with Crippen LogP contribution >= 0.6 is 0 Å². The van der Waals surface area contributed by atoms with Crippen molar-refractivity contribution in [1.29, 1.82) is 0 Å². The maximum absolute atomic E-state index is 6.70. The van der Waals surface area contributed by atoms with Crippen LogP contribution in [0.25, 0.3) is 88.6 Å². The topological polar surface area (TPSA) is 42.4 Å². The molecule has 0 aliphatic heterocycles. The fourth-order valence-corrected chi connectivity index (χ4v) is 8.12. The number of aromatic nitrogens is 1. The predicted octanol–water partition coefficient (Wildman–Crippen LogP) is 15.0. The molecule has 0 saturated heterocycles. The lowest BCUT2D eigenvalue weighted by Crippen LogP contribution is -2.09. The van der Waals surface area contributed by atoms with Crippen LogP contribution in [0.1, 0.15) is 0 Å². The van der Waals surface area contributed by atoms with E-state index in [0.29, 0.717) is 5.89 Å². The number of rotatable bonds is 7. The molecule has 2 heterocycles. The van der Waals surface area contributed by atoms with E-state index in [0.717, 1.165) is 77.7 Å². The summed E-state index contributed by atoms with van der Waals surface area (Å²) in [7, 11) is 0. The van der Waals surface area contributed by atoms with Gasteiger partial charge in [-0.25, -0.2) is 4.98 Å². The summed E-state index contributed by atoms with van der Waals surface area (Å²) in [5.74, 6) is 0.619. The SMILES string of the molecule is c1ccc(-c2ccc(N(c3ccccc3)c3ccc(-c4c5ccccc5cc5oc6cc(-c7ccc(-c8nc9ccccc9o8)cc7)ccc6c45)cc3)cc2)cc1. The minimum absolute atomic E-state index is 0.619. The smallest absolute Gasteiger partial charge is 0.227 e. The molecule has 0 aliphatic rings. The second kappa shape index (κ2) is 13.6. The molecule has 0 radical (unpaired) electrons. The van der Waals surface area contributed by atoms with Crippen LogP contribution in [-0.2, 0) is 0 Å². The second-order valence-electron chi connectivity index (χ2n) is 14.4. The Morgan fingerprint density at radius 2 is 0.912 bits per heavy atom. The molecule has 11 rings (SSSR count). The number of anilines is 3. The molecule has 11 aromatic rings. The molecule has 0 spiro atoms. The molecule has 268 valence electrons. The maximum Gasteiger partial charge on any atom is 0.227 e. The Hall–Kier alpha value is -7.69. The van der Waals surface area contributed by atoms with Crippen LogP contribution in [0.2, 0.25) is 0 Å².